The van der Waals surface area contributed by atoms with Crippen LogP contribution in [0.1, 0.15) is 12.5 Å². The van der Waals surface area contributed by atoms with Crippen molar-refractivity contribution in [2.45, 2.75) is 13.3 Å². The van der Waals surface area contributed by atoms with Crippen molar-refractivity contribution in [2.75, 3.05) is 0 Å². The van der Waals surface area contributed by atoms with Crippen molar-refractivity contribution >= 4 is 27.2 Å². The molecule has 0 nitrogen and oxygen atoms in total. The van der Waals surface area contributed by atoms with E-state index in [1.165, 1.54) is 17.7 Å². The number of aryl methyl sites for hydroxylation is 1. The van der Waals surface area contributed by atoms with Gasteiger partial charge in [0, 0.05) is 0 Å². The van der Waals surface area contributed by atoms with Crippen LogP contribution in [0.2, 0.25) is 0 Å². The van der Waals surface area contributed by atoms with Crippen LogP contribution in [0.25, 0.3) is 0 Å². The maximum atomic E-state index is 12.2. The van der Waals surface area contributed by atoms with Crippen LogP contribution in [-0.4, -0.2) is 0 Å². The number of hydrogen-bond donors (Lipinski definition) is 0. The van der Waals surface area contributed by atoms with Gasteiger partial charge in [0.15, 0.2) is 0 Å². The van der Waals surface area contributed by atoms with E-state index in [1.54, 1.807) is 12.1 Å². The molecule has 0 saturated heterocycles. The topological polar surface area (TPSA) is 0 Å². The van der Waals surface area contributed by atoms with Gasteiger partial charge >= 0.3 is 40.5 Å². The average Bonchev–Trinajstić information content (AvgIpc) is 2.07. The first-order valence-corrected chi connectivity index (χ1v) is 17.5. The summed E-state index contributed by atoms with van der Waals surface area (Å²) < 4.78 is 12.2. The van der Waals surface area contributed by atoms with Gasteiger partial charge < -0.3 is 0 Å². The second kappa shape index (κ2) is 8.34. The molecule has 0 N–H and O–H groups in total. The molecule has 0 atom stereocenters. The number of benzene rings is 1. The fourth-order valence-electron chi connectivity index (χ4n) is 0.720. The van der Waals surface area contributed by atoms with Crippen molar-refractivity contribution in [1.82, 2.24) is 0 Å². The van der Waals surface area contributed by atoms with Gasteiger partial charge in [-0.05, 0) is 24.1 Å². The Bertz CT molecular complexity index is 201. The van der Waals surface area contributed by atoms with E-state index in [4.69, 9.17) is 0 Å². The third-order valence-corrected chi connectivity index (χ3v) is 1.32. The Morgan fingerprint density at radius 2 is 1.67 bits per heavy atom. The van der Waals surface area contributed by atoms with Crippen LogP contribution in [0.3, 0.4) is 0 Å². The summed E-state index contributed by atoms with van der Waals surface area (Å²) >= 11 is 6.25. The van der Waals surface area contributed by atoms with E-state index in [0.717, 1.165) is 6.42 Å². The summed E-state index contributed by atoms with van der Waals surface area (Å²) in [6, 6.07) is 6.57. The van der Waals surface area contributed by atoms with Crippen LogP contribution < -0.4 is 0 Å². The fraction of sp³-hybridized carbons (Fsp3) is 0.250. The summed E-state index contributed by atoms with van der Waals surface area (Å²) in [4.78, 5) is 0. The Balaban J connectivity index is 0.000000354. The molecule has 0 bridgehead atoms. The van der Waals surface area contributed by atoms with E-state index in [9.17, 15) is 4.39 Å². The Kier molecular flexibility index (Phi) is 8.85. The van der Waals surface area contributed by atoms with E-state index in [-0.39, 0.29) is 19.0 Å². The van der Waals surface area contributed by atoms with E-state index in [2.05, 4.69) is 27.2 Å². The summed E-state index contributed by atoms with van der Waals surface area (Å²) in [5.41, 5.74) is 1.18. The molecule has 0 radical (unpaired) electrons. The first kappa shape index (κ1) is 12.7. The van der Waals surface area contributed by atoms with Gasteiger partial charge in [-0.1, -0.05) is 19.1 Å². The molecule has 4 heteroatoms. The number of rotatable bonds is 1. The molecule has 0 spiro atoms. The first-order valence-electron chi connectivity index (χ1n) is 3.61. The standard InChI is InChI=1S/C8H9F.2BrH.Zn/c1-2-7-3-5-8(9)6-4-7;;;/h3-6H,2H2,1H3;2*1H;/q;;;+2/p-2. The third-order valence-electron chi connectivity index (χ3n) is 1.32. The van der Waals surface area contributed by atoms with E-state index < -0.39 is 0 Å². The Labute approximate surface area is 93.2 Å². The van der Waals surface area contributed by atoms with Gasteiger partial charge in [0.2, 0.25) is 0 Å². The van der Waals surface area contributed by atoms with Crippen LogP contribution in [0.5, 0.6) is 0 Å². The minimum absolute atomic E-state index is 0.160. The van der Waals surface area contributed by atoms with Gasteiger partial charge in [-0.15, -0.1) is 0 Å². The Hall–Kier alpha value is 0.733. The molecule has 0 saturated carbocycles. The maximum absolute atomic E-state index is 12.2. The third kappa shape index (κ3) is 6.27. The molecule has 0 heterocycles. The molecular weight excluding hydrogens is 340 g/mol. The fourth-order valence-corrected chi connectivity index (χ4v) is 0.720. The molecule has 0 unspecified atom stereocenters. The van der Waals surface area contributed by atoms with Crippen molar-refractivity contribution in [3.05, 3.63) is 35.6 Å². The van der Waals surface area contributed by atoms with Crippen molar-refractivity contribution < 1.29 is 17.6 Å². The van der Waals surface area contributed by atoms with Crippen LogP contribution in [0.4, 0.5) is 4.39 Å². The summed E-state index contributed by atoms with van der Waals surface area (Å²) in [7, 11) is 0. The van der Waals surface area contributed by atoms with Gasteiger partial charge in [-0.2, -0.15) is 0 Å². The van der Waals surface area contributed by atoms with Gasteiger partial charge in [-0.3, -0.25) is 0 Å². The molecule has 12 heavy (non-hydrogen) atoms. The molecule has 1 aromatic rings. The Morgan fingerprint density at radius 3 is 2.00 bits per heavy atom. The molecule has 0 aliphatic carbocycles. The van der Waals surface area contributed by atoms with Crippen LogP contribution in [0, 0.1) is 5.82 Å². The first-order chi connectivity index (χ1) is 5.74. The predicted octanol–water partition coefficient (Wildman–Crippen LogP) is 4.08. The summed E-state index contributed by atoms with van der Waals surface area (Å²) in [5, 5.41) is 0. The average molecular weight is 349 g/mol. The van der Waals surface area contributed by atoms with E-state index in [1.807, 2.05) is 6.92 Å². The molecule has 0 aliphatic heterocycles. The minimum atomic E-state index is -0.250. The summed E-state index contributed by atoms with van der Waals surface area (Å²) in [5.74, 6) is -0.160. The molecule has 0 fully saturated rings. The van der Waals surface area contributed by atoms with E-state index in [0.29, 0.717) is 0 Å². The molecule has 1 aromatic carbocycles. The normalized spacial score (nSPS) is 8.00. The SMILES string of the molecule is CCc1ccc(F)cc1.[Br][Zn][Br]. The van der Waals surface area contributed by atoms with E-state index >= 15 is 0 Å². The monoisotopic (exact) mass is 346 g/mol. The molecule has 0 aromatic heterocycles. The van der Waals surface area contributed by atoms with Crippen molar-refractivity contribution in [1.29, 1.82) is 0 Å². The number of hydrogen-bond acceptors (Lipinski definition) is 0. The summed E-state index contributed by atoms with van der Waals surface area (Å²) in [6.07, 6.45) is 0.972. The second-order valence-corrected chi connectivity index (χ2v) is 16.2. The van der Waals surface area contributed by atoms with Crippen molar-refractivity contribution in [3.63, 3.8) is 0 Å². The molecular formula is C8H9Br2FZn. The Morgan fingerprint density at radius 1 is 1.25 bits per heavy atom. The van der Waals surface area contributed by atoms with Gasteiger partial charge in [0.1, 0.15) is 5.82 Å². The van der Waals surface area contributed by atoms with Gasteiger partial charge in [-0.25, -0.2) is 4.39 Å². The van der Waals surface area contributed by atoms with Crippen molar-refractivity contribution in [3.8, 4) is 0 Å². The van der Waals surface area contributed by atoms with Crippen LogP contribution >= 0.6 is 27.2 Å². The van der Waals surface area contributed by atoms with Gasteiger partial charge in [0.25, 0.3) is 0 Å². The zero-order chi connectivity index (χ0) is 9.40. The zero-order valence-electron chi connectivity index (χ0n) is 6.86. The molecule has 1 rings (SSSR count). The molecule has 64 valence electrons. The zero-order valence-corrected chi connectivity index (χ0v) is 13.0. The second-order valence-electron chi connectivity index (χ2n) is 2.08. The number of halogens is 3. The molecule has 0 amide bonds. The summed E-state index contributed by atoms with van der Waals surface area (Å²) in [6.45, 7) is 2.05. The van der Waals surface area contributed by atoms with Gasteiger partial charge in [0.05, 0.1) is 0 Å². The molecule has 0 aliphatic rings. The predicted molar refractivity (Wildman–Crippen MR) is 53.6 cm³/mol. The van der Waals surface area contributed by atoms with Crippen LogP contribution in [-0.2, 0) is 19.6 Å². The van der Waals surface area contributed by atoms with Crippen LogP contribution in [0.15, 0.2) is 24.3 Å². The van der Waals surface area contributed by atoms with Crippen molar-refractivity contribution in [2.24, 2.45) is 0 Å². The quantitative estimate of drug-likeness (QED) is 0.671.